The number of nitrogens with one attached hydrogen (secondary N) is 2. The molecule has 0 unspecified atom stereocenters. The third kappa shape index (κ3) is 4.01. The molecule has 2 aromatic heterocycles. The molecule has 0 fully saturated rings. The third-order valence-electron chi connectivity index (χ3n) is 4.32. The molecule has 0 saturated heterocycles. The van der Waals surface area contributed by atoms with Gasteiger partial charge in [0, 0.05) is 21.8 Å². The van der Waals surface area contributed by atoms with Crippen molar-refractivity contribution >= 4 is 33.7 Å². The summed E-state index contributed by atoms with van der Waals surface area (Å²) in [6.07, 6.45) is 0. The van der Waals surface area contributed by atoms with Crippen molar-refractivity contribution in [3.05, 3.63) is 59.9 Å². The summed E-state index contributed by atoms with van der Waals surface area (Å²) in [4.78, 5) is 27.7. The predicted octanol–water partition coefficient (Wildman–Crippen LogP) is 3.84. The largest absolute Gasteiger partial charge is 0.496 e. The first-order valence-corrected chi connectivity index (χ1v) is 8.61. The number of aromatic carboxylic acids is 1. The van der Waals surface area contributed by atoms with Crippen molar-refractivity contribution < 1.29 is 28.9 Å². The third-order valence-corrected chi connectivity index (χ3v) is 4.32. The second-order valence-electron chi connectivity index (χ2n) is 6.01. The van der Waals surface area contributed by atoms with Crippen LogP contribution in [0.25, 0.3) is 21.8 Å². The zero-order chi connectivity index (χ0) is 21.0. The van der Waals surface area contributed by atoms with Crippen LogP contribution in [0.4, 0.5) is 0 Å². The molecule has 150 valence electrons. The first kappa shape index (κ1) is 19.8. The highest BCUT2D eigenvalue weighted by molar-refractivity contribution is 5.97. The Hall–Kier alpha value is -3.94. The van der Waals surface area contributed by atoms with Crippen LogP contribution in [-0.2, 0) is 4.74 Å². The number of esters is 1. The lowest BCUT2D eigenvalue weighted by atomic mass is 10.2. The molecular formula is C21H20N2O6. The fourth-order valence-electron chi connectivity index (χ4n) is 2.95. The van der Waals surface area contributed by atoms with Gasteiger partial charge in [0.1, 0.15) is 22.9 Å². The molecule has 0 aliphatic heterocycles. The first-order valence-electron chi connectivity index (χ1n) is 8.61. The van der Waals surface area contributed by atoms with E-state index in [9.17, 15) is 9.59 Å². The van der Waals surface area contributed by atoms with E-state index in [0.717, 1.165) is 27.6 Å². The molecule has 2 aromatic carbocycles. The molecule has 0 aliphatic rings. The van der Waals surface area contributed by atoms with E-state index in [4.69, 9.17) is 14.6 Å². The summed E-state index contributed by atoms with van der Waals surface area (Å²) in [5, 5.41) is 10.4. The van der Waals surface area contributed by atoms with E-state index in [0.29, 0.717) is 11.4 Å². The molecule has 0 radical (unpaired) electrons. The van der Waals surface area contributed by atoms with Crippen LogP contribution in [0, 0.1) is 0 Å². The SMILES string of the molecule is COC(=O)c1cc2c(OC)cccc2[nH]1.COc1cccc2[nH]c(C(=O)O)cc12. The van der Waals surface area contributed by atoms with Crippen LogP contribution in [0.1, 0.15) is 21.0 Å². The summed E-state index contributed by atoms with van der Waals surface area (Å²) in [5.74, 6) is 0.0571. The molecule has 0 bridgehead atoms. The summed E-state index contributed by atoms with van der Waals surface area (Å²) in [7, 11) is 4.51. The highest BCUT2D eigenvalue weighted by atomic mass is 16.5. The van der Waals surface area contributed by atoms with Crippen molar-refractivity contribution in [2.45, 2.75) is 0 Å². The van der Waals surface area contributed by atoms with Crippen molar-refractivity contribution in [2.24, 2.45) is 0 Å². The van der Waals surface area contributed by atoms with E-state index in [2.05, 4.69) is 14.7 Å². The number of H-pyrrole nitrogens is 2. The normalized spacial score (nSPS) is 10.3. The number of ether oxygens (including phenoxy) is 3. The van der Waals surface area contributed by atoms with Gasteiger partial charge >= 0.3 is 11.9 Å². The molecule has 3 N–H and O–H groups in total. The highest BCUT2D eigenvalue weighted by Crippen LogP contribution is 2.26. The van der Waals surface area contributed by atoms with Gasteiger partial charge in [0.15, 0.2) is 0 Å². The van der Waals surface area contributed by atoms with Crippen LogP contribution in [0.15, 0.2) is 48.5 Å². The zero-order valence-electron chi connectivity index (χ0n) is 16.1. The molecule has 8 heteroatoms. The minimum atomic E-state index is -0.969. The molecule has 0 amide bonds. The van der Waals surface area contributed by atoms with Crippen LogP contribution in [0.5, 0.6) is 11.5 Å². The van der Waals surface area contributed by atoms with Crippen molar-refractivity contribution in [1.82, 2.24) is 9.97 Å². The van der Waals surface area contributed by atoms with Crippen molar-refractivity contribution in [3.8, 4) is 11.5 Å². The lowest BCUT2D eigenvalue weighted by molar-refractivity contribution is 0.0594. The molecule has 0 spiro atoms. The Balaban J connectivity index is 0.000000166. The molecule has 8 nitrogen and oxygen atoms in total. The second-order valence-corrected chi connectivity index (χ2v) is 6.01. The van der Waals surface area contributed by atoms with Crippen LogP contribution in [-0.4, -0.2) is 48.3 Å². The molecule has 0 atom stereocenters. The number of hydrogen-bond acceptors (Lipinski definition) is 5. The number of aromatic amines is 2. The smallest absolute Gasteiger partial charge is 0.354 e. The van der Waals surface area contributed by atoms with Crippen LogP contribution in [0.3, 0.4) is 0 Å². The number of rotatable bonds is 4. The highest BCUT2D eigenvalue weighted by Gasteiger charge is 2.11. The Bertz CT molecular complexity index is 1170. The second kappa shape index (κ2) is 8.39. The number of carboxylic acid groups (broad SMARTS) is 1. The van der Waals surface area contributed by atoms with Gasteiger partial charge in [-0.1, -0.05) is 12.1 Å². The van der Waals surface area contributed by atoms with Gasteiger partial charge < -0.3 is 29.3 Å². The predicted molar refractivity (Wildman–Crippen MR) is 108 cm³/mol. The number of carbonyl (C=O) groups excluding carboxylic acids is 1. The van der Waals surface area contributed by atoms with Crippen LogP contribution >= 0.6 is 0 Å². The monoisotopic (exact) mass is 396 g/mol. The summed E-state index contributed by atoms with van der Waals surface area (Å²) in [6.45, 7) is 0. The van der Waals surface area contributed by atoms with Gasteiger partial charge in [0.25, 0.3) is 0 Å². The van der Waals surface area contributed by atoms with E-state index < -0.39 is 5.97 Å². The molecule has 29 heavy (non-hydrogen) atoms. The van der Waals surface area contributed by atoms with Crippen LogP contribution < -0.4 is 9.47 Å². The Morgan fingerprint density at radius 3 is 1.72 bits per heavy atom. The maximum absolute atomic E-state index is 11.3. The van der Waals surface area contributed by atoms with Gasteiger partial charge in [0.05, 0.1) is 21.3 Å². The van der Waals surface area contributed by atoms with Gasteiger partial charge in [-0.15, -0.1) is 0 Å². The van der Waals surface area contributed by atoms with Crippen molar-refractivity contribution in [1.29, 1.82) is 0 Å². The molecule has 2 heterocycles. The quantitative estimate of drug-likeness (QED) is 0.452. The van der Waals surface area contributed by atoms with E-state index in [1.165, 1.54) is 7.11 Å². The fraction of sp³-hybridized carbons (Fsp3) is 0.143. The molecular weight excluding hydrogens is 376 g/mol. The van der Waals surface area contributed by atoms with Crippen molar-refractivity contribution in [3.63, 3.8) is 0 Å². The zero-order valence-corrected chi connectivity index (χ0v) is 16.1. The fourth-order valence-corrected chi connectivity index (χ4v) is 2.95. The topological polar surface area (TPSA) is 114 Å². The Kier molecular flexibility index (Phi) is 5.73. The van der Waals surface area contributed by atoms with Gasteiger partial charge in [-0.2, -0.15) is 0 Å². The van der Waals surface area contributed by atoms with E-state index in [1.54, 1.807) is 32.4 Å². The number of methoxy groups -OCH3 is 3. The summed E-state index contributed by atoms with van der Waals surface area (Å²) >= 11 is 0. The van der Waals surface area contributed by atoms with Gasteiger partial charge in [-0.25, -0.2) is 9.59 Å². The lowest BCUT2D eigenvalue weighted by Crippen LogP contribution is -2.00. The van der Waals surface area contributed by atoms with Gasteiger partial charge in [0.2, 0.25) is 0 Å². The number of aromatic nitrogens is 2. The average molecular weight is 396 g/mol. The number of hydrogen-bond donors (Lipinski definition) is 3. The Labute approximate surface area is 166 Å². The molecule has 0 aliphatic carbocycles. The van der Waals surface area contributed by atoms with Gasteiger partial charge in [-0.3, -0.25) is 0 Å². The van der Waals surface area contributed by atoms with Crippen molar-refractivity contribution in [2.75, 3.05) is 21.3 Å². The number of carbonyl (C=O) groups is 2. The maximum atomic E-state index is 11.3. The summed E-state index contributed by atoms with van der Waals surface area (Å²) in [6, 6.07) is 14.3. The minimum Gasteiger partial charge on any atom is -0.496 e. The number of carboxylic acids is 1. The standard InChI is InChI=1S/C11H11NO3.C10H9NO3/c1-14-10-5-3-4-8-7(10)6-9(12-8)11(13)15-2;1-14-9-4-2-3-7-6(9)5-8(11-7)10(12)13/h3-6,12H,1-2H3;2-5,11H,1H3,(H,12,13). The summed E-state index contributed by atoms with van der Waals surface area (Å²) in [5.41, 5.74) is 2.22. The maximum Gasteiger partial charge on any atom is 0.354 e. The Morgan fingerprint density at radius 1 is 0.793 bits per heavy atom. The van der Waals surface area contributed by atoms with Crippen LogP contribution in [0.2, 0.25) is 0 Å². The first-order chi connectivity index (χ1) is 14.0. The average Bonchev–Trinajstić information content (AvgIpc) is 3.37. The Morgan fingerprint density at radius 2 is 1.28 bits per heavy atom. The number of benzene rings is 2. The minimum absolute atomic E-state index is 0.171. The molecule has 4 rings (SSSR count). The van der Waals surface area contributed by atoms with E-state index >= 15 is 0 Å². The van der Waals surface area contributed by atoms with Gasteiger partial charge in [-0.05, 0) is 36.4 Å². The molecule has 4 aromatic rings. The molecule has 0 saturated carbocycles. The van der Waals surface area contributed by atoms with E-state index in [-0.39, 0.29) is 11.7 Å². The lowest BCUT2D eigenvalue weighted by Gasteiger charge is -1.99. The van der Waals surface area contributed by atoms with E-state index in [1.807, 2.05) is 30.3 Å². The summed E-state index contributed by atoms with van der Waals surface area (Å²) < 4.78 is 14.9. The number of fused-ring (bicyclic) bond motifs is 2.